The minimum Gasteiger partial charge on any atom is -0.336 e. The number of fused-ring (bicyclic) bond motifs is 4. The van der Waals surface area contributed by atoms with Crippen molar-refractivity contribution in [3.05, 3.63) is 107 Å². The lowest BCUT2D eigenvalue weighted by Crippen LogP contribution is -2.14. The molecule has 3 aromatic carbocycles. The summed E-state index contributed by atoms with van der Waals surface area (Å²) in [6.45, 7) is 5.37. The third-order valence-electron chi connectivity index (χ3n) is 5.88. The molecule has 1 aliphatic rings. The summed E-state index contributed by atoms with van der Waals surface area (Å²) in [7, 11) is 0. The first-order chi connectivity index (χ1) is 13.8. The van der Waals surface area contributed by atoms with Crippen molar-refractivity contribution >= 4 is 22.0 Å². The summed E-state index contributed by atoms with van der Waals surface area (Å²) in [6.07, 6.45) is 2.21. The molecule has 28 heavy (non-hydrogen) atoms. The molecule has 0 atom stereocenters. The largest absolute Gasteiger partial charge is 0.336 e. The van der Waals surface area contributed by atoms with Gasteiger partial charge in [0.1, 0.15) is 0 Å². The first-order valence-corrected chi connectivity index (χ1v) is 10.2. The summed E-state index contributed by atoms with van der Waals surface area (Å²) in [5, 5.41) is 1.32. The van der Waals surface area contributed by atoms with Gasteiger partial charge < -0.3 is 4.57 Å². The van der Waals surface area contributed by atoms with E-state index in [9.17, 15) is 0 Å². The van der Waals surface area contributed by atoms with Crippen LogP contribution in [0.3, 0.4) is 0 Å². The zero-order valence-corrected chi connectivity index (χ0v) is 16.6. The Bertz CT molecular complexity index is 1190. The number of aromatic nitrogens is 1. The van der Waals surface area contributed by atoms with Crippen LogP contribution in [0.4, 0.5) is 0 Å². The van der Waals surface area contributed by atoms with Gasteiger partial charge in [0.25, 0.3) is 0 Å². The molecule has 138 valence electrons. The Kier molecular flexibility index (Phi) is 4.16. The molecular formula is C27H25N. The molecule has 1 heteroatoms. The van der Waals surface area contributed by atoms with E-state index in [0.29, 0.717) is 0 Å². The van der Waals surface area contributed by atoms with Gasteiger partial charge in [-0.15, -0.1) is 0 Å². The van der Waals surface area contributed by atoms with Crippen molar-refractivity contribution < 1.29 is 0 Å². The van der Waals surface area contributed by atoms with Crippen molar-refractivity contribution in [3.8, 4) is 0 Å². The predicted octanol–water partition coefficient (Wildman–Crippen LogP) is 7.07. The first-order valence-electron chi connectivity index (χ1n) is 10.2. The number of nitrogens with zero attached hydrogens (tertiary/aromatic N) is 1. The molecule has 0 unspecified atom stereocenters. The van der Waals surface area contributed by atoms with Crippen LogP contribution < -0.4 is 0 Å². The molecule has 0 saturated heterocycles. The van der Waals surface area contributed by atoms with Crippen LogP contribution >= 0.6 is 0 Å². The number of hydrogen-bond acceptors (Lipinski definition) is 0. The second kappa shape index (κ2) is 6.83. The maximum absolute atomic E-state index is 2.50. The number of para-hydroxylation sites is 1. The van der Waals surface area contributed by atoms with Crippen LogP contribution in [0.15, 0.2) is 78.9 Å². The predicted molar refractivity (Wildman–Crippen MR) is 119 cm³/mol. The van der Waals surface area contributed by atoms with E-state index in [1.165, 1.54) is 50.0 Å². The van der Waals surface area contributed by atoms with Gasteiger partial charge in [-0.2, -0.15) is 0 Å². The highest BCUT2D eigenvalue weighted by atomic mass is 15.0. The van der Waals surface area contributed by atoms with Crippen molar-refractivity contribution in [1.82, 2.24) is 4.57 Å². The van der Waals surface area contributed by atoms with Crippen LogP contribution in [0.2, 0.25) is 0 Å². The van der Waals surface area contributed by atoms with Crippen LogP contribution in [0, 0.1) is 6.92 Å². The van der Waals surface area contributed by atoms with Gasteiger partial charge >= 0.3 is 0 Å². The van der Waals surface area contributed by atoms with E-state index in [-0.39, 0.29) is 0 Å². The minimum absolute atomic E-state index is 0.940. The molecule has 1 aliphatic heterocycles. The Morgan fingerprint density at radius 3 is 2.46 bits per heavy atom. The van der Waals surface area contributed by atoms with Gasteiger partial charge in [0.15, 0.2) is 0 Å². The molecule has 0 aliphatic carbocycles. The van der Waals surface area contributed by atoms with Crippen molar-refractivity contribution in [1.29, 1.82) is 0 Å². The molecule has 0 bridgehead atoms. The second-order valence-electron chi connectivity index (χ2n) is 7.80. The fourth-order valence-electron chi connectivity index (χ4n) is 4.53. The Morgan fingerprint density at radius 2 is 1.64 bits per heavy atom. The molecule has 0 amide bonds. The van der Waals surface area contributed by atoms with Gasteiger partial charge in [-0.3, -0.25) is 0 Å². The normalized spacial score (nSPS) is 14.6. The topological polar surface area (TPSA) is 4.93 Å². The van der Waals surface area contributed by atoms with Crippen molar-refractivity contribution in [3.63, 3.8) is 0 Å². The summed E-state index contributed by atoms with van der Waals surface area (Å²) >= 11 is 0. The number of rotatable bonds is 3. The molecule has 1 nitrogen and oxygen atoms in total. The molecule has 4 aromatic rings. The fraction of sp³-hybridized carbons (Fsp3) is 0.185. The van der Waals surface area contributed by atoms with Gasteiger partial charge in [0.05, 0.1) is 5.69 Å². The summed E-state index contributed by atoms with van der Waals surface area (Å²) in [4.78, 5) is 0. The van der Waals surface area contributed by atoms with E-state index in [1.807, 2.05) is 0 Å². The Labute approximate surface area is 167 Å². The molecule has 0 saturated carbocycles. The van der Waals surface area contributed by atoms with Gasteiger partial charge in [0.2, 0.25) is 0 Å². The lowest BCUT2D eigenvalue weighted by molar-refractivity contribution is 0.804. The highest BCUT2D eigenvalue weighted by Gasteiger charge is 2.25. The van der Waals surface area contributed by atoms with Crippen LogP contribution in [-0.2, 0) is 6.54 Å². The number of hydrogen-bond donors (Lipinski definition) is 0. The third-order valence-corrected chi connectivity index (χ3v) is 5.88. The van der Waals surface area contributed by atoms with Gasteiger partial charge in [0, 0.05) is 23.0 Å². The third kappa shape index (κ3) is 2.70. The van der Waals surface area contributed by atoms with E-state index in [4.69, 9.17) is 0 Å². The average molecular weight is 364 g/mol. The molecule has 0 spiro atoms. The van der Waals surface area contributed by atoms with Crippen LogP contribution in [0.1, 0.15) is 47.7 Å². The highest BCUT2D eigenvalue weighted by molar-refractivity contribution is 6.02. The van der Waals surface area contributed by atoms with Crippen molar-refractivity contribution in [2.24, 2.45) is 0 Å². The summed E-state index contributed by atoms with van der Waals surface area (Å²) in [5.74, 6) is 0. The number of allylic oxidation sites excluding steroid dienone is 1. The molecule has 2 heterocycles. The Balaban J connectivity index is 1.86. The Morgan fingerprint density at radius 1 is 0.893 bits per heavy atom. The molecule has 0 radical (unpaired) electrons. The van der Waals surface area contributed by atoms with E-state index in [0.717, 1.165) is 19.4 Å². The summed E-state index contributed by atoms with van der Waals surface area (Å²) in [6, 6.07) is 29.1. The van der Waals surface area contributed by atoms with Crippen molar-refractivity contribution in [2.75, 3.05) is 0 Å². The molecular weight excluding hydrogens is 338 g/mol. The van der Waals surface area contributed by atoms with Crippen LogP contribution in [-0.4, -0.2) is 4.57 Å². The van der Waals surface area contributed by atoms with Gasteiger partial charge in [-0.05, 0) is 47.7 Å². The number of aryl methyl sites for hydroxylation is 1. The lowest BCUT2D eigenvalue weighted by Gasteiger charge is -2.26. The minimum atomic E-state index is 0.940. The molecule has 0 N–H and O–H groups in total. The van der Waals surface area contributed by atoms with Gasteiger partial charge in [-0.1, -0.05) is 85.6 Å². The van der Waals surface area contributed by atoms with Crippen molar-refractivity contribution in [2.45, 2.75) is 33.2 Å². The maximum Gasteiger partial charge on any atom is 0.0503 e. The van der Waals surface area contributed by atoms with E-state index in [1.54, 1.807) is 0 Å². The average Bonchev–Trinajstić information content (AvgIpc) is 3.10. The maximum atomic E-state index is 2.50. The fourth-order valence-corrected chi connectivity index (χ4v) is 4.53. The van der Waals surface area contributed by atoms with E-state index in [2.05, 4.69) is 97.3 Å². The molecule has 5 rings (SSSR count). The monoisotopic (exact) mass is 363 g/mol. The molecule has 1 aromatic heterocycles. The second-order valence-corrected chi connectivity index (χ2v) is 7.80. The zero-order valence-electron chi connectivity index (χ0n) is 16.6. The summed E-state index contributed by atoms with van der Waals surface area (Å²) < 4.78 is 2.50. The van der Waals surface area contributed by atoms with Gasteiger partial charge in [-0.25, -0.2) is 0 Å². The Hall–Kier alpha value is -3.06. The zero-order chi connectivity index (χ0) is 19.1. The van der Waals surface area contributed by atoms with E-state index >= 15 is 0 Å². The highest BCUT2D eigenvalue weighted by Crippen LogP contribution is 2.42. The standard InChI is InChI=1S/C27H25N/c1-3-8-23(20-15-13-19(2)14-16-20)27-24-11-6-4-10-22(24)18-28-25-12-7-5-9-21(25)17-26(27)28/h4-7,9-17H,3,8,18H2,1-2H3/b27-23-. The van der Waals surface area contributed by atoms with E-state index < -0.39 is 0 Å². The molecule has 0 fully saturated rings. The SMILES string of the molecule is CCC/C(=C1\c2ccccc2Cn2c1cc1ccccc12)c1ccc(C)cc1. The quantitative estimate of drug-likeness (QED) is 0.323. The summed E-state index contributed by atoms with van der Waals surface area (Å²) in [5.41, 5.74) is 11.0. The lowest BCUT2D eigenvalue weighted by atomic mass is 9.85. The van der Waals surface area contributed by atoms with Crippen LogP contribution in [0.5, 0.6) is 0 Å². The smallest absolute Gasteiger partial charge is 0.0503 e. The first kappa shape index (κ1) is 17.1. The van der Waals surface area contributed by atoms with Crippen LogP contribution in [0.25, 0.3) is 22.0 Å². The number of benzene rings is 3.